The number of amides is 1. The van der Waals surface area contributed by atoms with E-state index in [-0.39, 0.29) is 22.4 Å². The molecule has 0 aliphatic heterocycles. The molecular weight excluding hydrogens is 393 g/mol. The lowest BCUT2D eigenvalue weighted by Gasteiger charge is -2.24. The van der Waals surface area contributed by atoms with Crippen LogP contribution in [0.4, 0.5) is 24.5 Å². The molecule has 0 spiro atoms. The van der Waals surface area contributed by atoms with Gasteiger partial charge in [0, 0.05) is 5.56 Å². The molecule has 0 radical (unpaired) electrons. The molecule has 28 heavy (non-hydrogen) atoms. The molecule has 1 atom stereocenters. The Labute approximate surface area is 166 Å². The number of Topliss-reactive ketones (excluding diaryl/α,β-unsaturated/α-hetero) is 1. The van der Waals surface area contributed by atoms with Crippen LogP contribution in [0, 0.1) is 5.92 Å². The Kier molecular flexibility index (Phi) is 6.72. The van der Waals surface area contributed by atoms with Crippen LogP contribution in [0.3, 0.4) is 0 Å². The highest BCUT2D eigenvalue weighted by atomic mass is 35.5. The molecule has 0 saturated heterocycles. The van der Waals surface area contributed by atoms with Gasteiger partial charge in [0.15, 0.2) is 5.78 Å². The molecule has 0 aromatic heterocycles. The summed E-state index contributed by atoms with van der Waals surface area (Å²) < 4.78 is 38.4. The molecular formula is C20H20ClF3N2O2. The van der Waals surface area contributed by atoms with Crippen molar-refractivity contribution in [1.82, 2.24) is 0 Å². The summed E-state index contributed by atoms with van der Waals surface area (Å²) in [5.41, 5.74) is 0.0734. The van der Waals surface area contributed by atoms with Crippen LogP contribution in [0.25, 0.3) is 0 Å². The minimum atomic E-state index is -4.51. The number of hydrogen-bond acceptors (Lipinski definition) is 3. The summed E-state index contributed by atoms with van der Waals surface area (Å²) in [6, 6.07) is 8.70. The number of anilines is 2. The largest absolute Gasteiger partial charge is 0.416 e. The van der Waals surface area contributed by atoms with Gasteiger partial charge in [0.1, 0.15) is 6.04 Å². The minimum absolute atomic E-state index is 0.141. The van der Waals surface area contributed by atoms with Gasteiger partial charge in [-0.05, 0) is 43.2 Å². The van der Waals surface area contributed by atoms with Gasteiger partial charge < -0.3 is 10.6 Å². The number of rotatable bonds is 6. The van der Waals surface area contributed by atoms with Gasteiger partial charge in [0.05, 0.1) is 22.0 Å². The molecule has 2 rings (SSSR count). The van der Waals surface area contributed by atoms with Gasteiger partial charge in [0.25, 0.3) is 0 Å². The monoisotopic (exact) mass is 412 g/mol. The second kappa shape index (κ2) is 8.65. The molecule has 0 aliphatic rings. The first kappa shape index (κ1) is 21.8. The highest BCUT2D eigenvalue weighted by Gasteiger charge is 2.31. The molecule has 2 aromatic rings. The lowest BCUT2D eigenvalue weighted by atomic mass is 10.0. The zero-order valence-corrected chi connectivity index (χ0v) is 16.3. The van der Waals surface area contributed by atoms with Gasteiger partial charge >= 0.3 is 6.18 Å². The Bertz CT molecular complexity index is 882. The van der Waals surface area contributed by atoms with E-state index in [9.17, 15) is 22.8 Å². The Balaban J connectivity index is 2.25. The summed E-state index contributed by atoms with van der Waals surface area (Å²) in [5, 5.41) is 5.46. The van der Waals surface area contributed by atoms with E-state index in [1.165, 1.54) is 13.0 Å². The van der Waals surface area contributed by atoms with Crippen LogP contribution in [0.5, 0.6) is 0 Å². The Morgan fingerprint density at radius 1 is 1.04 bits per heavy atom. The highest BCUT2D eigenvalue weighted by Crippen LogP contribution is 2.34. The van der Waals surface area contributed by atoms with Gasteiger partial charge in [-0.2, -0.15) is 13.2 Å². The topological polar surface area (TPSA) is 58.2 Å². The van der Waals surface area contributed by atoms with E-state index in [2.05, 4.69) is 10.6 Å². The number of nitrogens with one attached hydrogen (secondary N) is 2. The third-order valence-electron chi connectivity index (χ3n) is 4.12. The third kappa shape index (κ3) is 5.25. The average molecular weight is 413 g/mol. The van der Waals surface area contributed by atoms with E-state index >= 15 is 0 Å². The second-order valence-corrected chi connectivity index (χ2v) is 7.06. The van der Waals surface area contributed by atoms with E-state index in [0.717, 1.165) is 12.1 Å². The first-order valence-electron chi connectivity index (χ1n) is 8.54. The number of para-hydroxylation sites is 1. The number of ketones is 1. The fraction of sp³-hybridized carbons (Fsp3) is 0.300. The fourth-order valence-electron chi connectivity index (χ4n) is 2.62. The predicted molar refractivity (Wildman–Crippen MR) is 104 cm³/mol. The maximum absolute atomic E-state index is 12.8. The van der Waals surface area contributed by atoms with Crippen LogP contribution < -0.4 is 10.6 Å². The predicted octanol–water partition coefficient (Wildman–Crippen LogP) is 5.64. The van der Waals surface area contributed by atoms with Crippen LogP contribution in [-0.4, -0.2) is 17.7 Å². The van der Waals surface area contributed by atoms with Crippen molar-refractivity contribution in [3.05, 3.63) is 58.6 Å². The number of alkyl halides is 3. The summed E-state index contributed by atoms with van der Waals surface area (Å²) in [4.78, 5) is 24.5. The van der Waals surface area contributed by atoms with Crippen molar-refractivity contribution >= 4 is 34.7 Å². The first-order valence-corrected chi connectivity index (χ1v) is 8.92. The Hall–Kier alpha value is -2.54. The van der Waals surface area contributed by atoms with Gasteiger partial charge in [0.2, 0.25) is 5.91 Å². The van der Waals surface area contributed by atoms with Crippen molar-refractivity contribution in [3.8, 4) is 0 Å². The van der Waals surface area contributed by atoms with Crippen LogP contribution in [0.15, 0.2) is 42.5 Å². The Morgan fingerprint density at radius 3 is 2.21 bits per heavy atom. The highest BCUT2D eigenvalue weighted by molar-refractivity contribution is 6.33. The third-order valence-corrected chi connectivity index (χ3v) is 4.43. The van der Waals surface area contributed by atoms with Crippen LogP contribution in [0.2, 0.25) is 5.02 Å². The SMILES string of the molecule is CC(=O)c1ccccc1NC(=O)C(Nc1ccc(C(F)(F)F)cc1Cl)C(C)C. The van der Waals surface area contributed by atoms with E-state index < -0.39 is 23.7 Å². The minimum Gasteiger partial charge on any atom is -0.372 e. The molecule has 1 amide bonds. The molecule has 2 N–H and O–H groups in total. The molecule has 4 nitrogen and oxygen atoms in total. The zero-order valence-electron chi connectivity index (χ0n) is 15.5. The number of carbonyl (C=O) groups is 2. The molecule has 8 heteroatoms. The molecule has 2 aromatic carbocycles. The average Bonchev–Trinajstić information content (AvgIpc) is 2.59. The quantitative estimate of drug-likeness (QED) is 0.604. The summed E-state index contributed by atoms with van der Waals surface area (Å²) in [6.07, 6.45) is -4.51. The Morgan fingerprint density at radius 2 is 1.68 bits per heavy atom. The summed E-state index contributed by atoms with van der Waals surface area (Å²) in [6.45, 7) is 4.96. The number of carbonyl (C=O) groups excluding carboxylic acids is 2. The lowest BCUT2D eigenvalue weighted by Crippen LogP contribution is -2.39. The second-order valence-electron chi connectivity index (χ2n) is 6.65. The molecule has 0 heterocycles. The van der Waals surface area contributed by atoms with E-state index in [1.807, 2.05) is 0 Å². The van der Waals surface area contributed by atoms with Gasteiger partial charge in [-0.1, -0.05) is 37.6 Å². The van der Waals surface area contributed by atoms with Crippen molar-refractivity contribution in [1.29, 1.82) is 0 Å². The van der Waals surface area contributed by atoms with Crippen molar-refractivity contribution in [3.63, 3.8) is 0 Å². The molecule has 0 bridgehead atoms. The van der Waals surface area contributed by atoms with E-state index in [1.54, 1.807) is 38.1 Å². The number of hydrogen-bond donors (Lipinski definition) is 2. The van der Waals surface area contributed by atoms with Gasteiger partial charge in [-0.15, -0.1) is 0 Å². The molecule has 0 aliphatic carbocycles. The lowest BCUT2D eigenvalue weighted by molar-refractivity contribution is -0.137. The summed E-state index contributed by atoms with van der Waals surface area (Å²) in [5.74, 6) is -0.835. The summed E-state index contributed by atoms with van der Waals surface area (Å²) in [7, 11) is 0. The first-order chi connectivity index (χ1) is 13.0. The standard InChI is InChI=1S/C20H20ClF3N2O2/c1-11(2)18(19(28)26-16-7-5-4-6-14(16)12(3)27)25-17-9-8-13(10-15(17)21)20(22,23)24/h4-11,18,25H,1-3H3,(H,26,28). The van der Waals surface area contributed by atoms with Gasteiger partial charge in [-0.3, -0.25) is 9.59 Å². The van der Waals surface area contributed by atoms with Crippen molar-refractivity contribution < 1.29 is 22.8 Å². The van der Waals surface area contributed by atoms with Gasteiger partial charge in [-0.25, -0.2) is 0 Å². The van der Waals surface area contributed by atoms with Crippen LogP contribution >= 0.6 is 11.6 Å². The van der Waals surface area contributed by atoms with E-state index in [0.29, 0.717) is 11.3 Å². The smallest absolute Gasteiger partial charge is 0.372 e. The number of halogens is 4. The molecule has 150 valence electrons. The van der Waals surface area contributed by atoms with E-state index in [4.69, 9.17) is 11.6 Å². The van der Waals surface area contributed by atoms with Crippen molar-refractivity contribution in [2.24, 2.45) is 5.92 Å². The molecule has 1 unspecified atom stereocenters. The van der Waals surface area contributed by atoms with Crippen LogP contribution in [0.1, 0.15) is 36.7 Å². The van der Waals surface area contributed by atoms with Crippen molar-refractivity contribution in [2.75, 3.05) is 10.6 Å². The molecule has 0 saturated carbocycles. The van der Waals surface area contributed by atoms with Crippen LogP contribution in [-0.2, 0) is 11.0 Å². The zero-order chi connectivity index (χ0) is 21.1. The summed E-state index contributed by atoms with van der Waals surface area (Å²) >= 11 is 5.98. The number of benzene rings is 2. The van der Waals surface area contributed by atoms with Crippen molar-refractivity contribution in [2.45, 2.75) is 33.0 Å². The molecule has 0 fully saturated rings. The fourth-order valence-corrected chi connectivity index (χ4v) is 2.86. The normalized spacial score (nSPS) is 12.6. The maximum atomic E-state index is 12.8. The maximum Gasteiger partial charge on any atom is 0.416 e.